The summed E-state index contributed by atoms with van der Waals surface area (Å²) in [5, 5.41) is 47.8. The molecule has 6 N–H and O–H groups in total. The van der Waals surface area contributed by atoms with Crippen LogP contribution < -0.4 is 5.32 Å². The van der Waals surface area contributed by atoms with E-state index in [2.05, 4.69) is 22.2 Å². The molecule has 0 aromatic rings. The molecule has 0 radical (unpaired) electrons. The summed E-state index contributed by atoms with van der Waals surface area (Å²) in [5.74, 6) is 3.55. The Kier molecular flexibility index (Phi) is 4.90. The lowest BCUT2D eigenvalue weighted by Gasteiger charge is -2.26. The summed E-state index contributed by atoms with van der Waals surface area (Å²) >= 11 is 0. The zero-order valence-corrected chi connectivity index (χ0v) is 13.4. The van der Waals surface area contributed by atoms with Crippen LogP contribution in [0.3, 0.4) is 0 Å². The highest BCUT2D eigenvalue weighted by atomic mass is 16.6. The highest BCUT2D eigenvalue weighted by Gasteiger charge is 2.56. The maximum absolute atomic E-state index is 12.8. The van der Waals surface area contributed by atoms with Crippen LogP contribution in [0.5, 0.6) is 0 Å². The first-order chi connectivity index (χ1) is 12.4. The van der Waals surface area contributed by atoms with Crippen LogP contribution in [0.1, 0.15) is 0 Å². The standard InChI is InChI=1S/C14H17N5O7/c15-13-16-10-7(11(24)17-13)18(3-1-2-4-20)14(25)19(10)12-9(23)8(22)6(5-21)26-12/h6-9,12,20-23H,3-5H2,(H2,15,17,24)/t6-,7?,8+,9-,12-/m1/s1. The number of hydrogen-bond donors (Lipinski definition) is 6. The number of hydrogen-bond acceptors (Lipinski definition) is 8. The van der Waals surface area contributed by atoms with E-state index in [1.54, 1.807) is 0 Å². The quantitative estimate of drug-likeness (QED) is 0.275. The van der Waals surface area contributed by atoms with Gasteiger partial charge in [0.25, 0.3) is 5.91 Å². The molecule has 3 amide bonds. The summed E-state index contributed by atoms with van der Waals surface area (Å²) in [5.41, 5.74) is 0. The molecule has 0 bridgehead atoms. The van der Waals surface area contributed by atoms with Gasteiger partial charge in [-0.15, -0.1) is 0 Å². The number of aliphatic imine (C=N–C) groups is 1. The first-order valence-corrected chi connectivity index (χ1v) is 7.67. The summed E-state index contributed by atoms with van der Waals surface area (Å²) < 4.78 is 5.35. The number of rotatable bonds is 3. The first kappa shape index (κ1) is 18.2. The van der Waals surface area contributed by atoms with Crippen molar-refractivity contribution < 1.29 is 34.8 Å². The Balaban J connectivity index is 1.98. The monoisotopic (exact) mass is 367 g/mol. The van der Waals surface area contributed by atoms with Crippen LogP contribution in [-0.2, 0) is 9.53 Å². The van der Waals surface area contributed by atoms with Gasteiger partial charge in [0.05, 0.1) is 13.2 Å². The SMILES string of the molecule is N=C1N=C2C(C(=O)N1)N(CC#CCO)C(=O)N2[C@@H]1O[C@H](CO)[C@H](O)[C@H]1O. The number of urea groups is 1. The molecule has 3 heterocycles. The molecule has 12 nitrogen and oxygen atoms in total. The highest BCUT2D eigenvalue weighted by molar-refractivity contribution is 6.25. The Hall–Kier alpha value is -2.56. The number of carbonyl (C=O) groups is 2. The van der Waals surface area contributed by atoms with Gasteiger partial charge in [0, 0.05) is 0 Å². The normalized spacial score (nSPS) is 33.6. The lowest BCUT2D eigenvalue weighted by molar-refractivity contribution is -0.121. The van der Waals surface area contributed by atoms with E-state index in [1.165, 1.54) is 0 Å². The number of guanidine groups is 1. The van der Waals surface area contributed by atoms with E-state index in [0.717, 1.165) is 9.80 Å². The first-order valence-electron chi connectivity index (χ1n) is 7.67. The summed E-state index contributed by atoms with van der Waals surface area (Å²) in [4.78, 5) is 30.8. The third-order valence-corrected chi connectivity index (χ3v) is 4.20. The van der Waals surface area contributed by atoms with Crippen LogP contribution in [0, 0.1) is 17.3 Å². The van der Waals surface area contributed by atoms with Crippen molar-refractivity contribution in [3.05, 3.63) is 0 Å². The average Bonchev–Trinajstić information content (AvgIpc) is 3.03. The number of amidine groups is 1. The molecule has 2 saturated heterocycles. The van der Waals surface area contributed by atoms with Gasteiger partial charge < -0.3 is 25.2 Å². The van der Waals surface area contributed by atoms with E-state index < -0.39 is 61.7 Å². The molecule has 12 heteroatoms. The van der Waals surface area contributed by atoms with Crippen molar-refractivity contribution in [2.24, 2.45) is 4.99 Å². The molecule has 3 aliphatic heterocycles. The maximum Gasteiger partial charge on any atom is 0.329 e. The lowest BCUT2D eigenvalue weighted by Crippen LogP contribution is -2.54. The molecule has 0 aromatic heterocycles. The van der Waals surface area contributed by atoms with Crippen molar-refractivity contribution in [1.29, 1.82) is 5.41 Å². The molecule has 1 unspecified atom stereocenters. The fourth-order valence-electron chi connectivity index (χ4n) is 3.01. The number of nitrogens with zero attached hydrogens (tertiary/aromatic N) is 3. The molecule has 3 aliphatic rings. The van der Waals surface area contributed by atoms with Crippen molar-refractivity contribution in [2.45, 2.75) is 30.6 Å². The van der Waals surface area contributed by atoms with Gasteiger partial charge in [0.15, 0.2) is 18.1 Å². The number of amides is 3. The van der Waals surface area contributed by atoms with Crippen molar-refractivity contribution in [3.8, 4) is 11.8 Å². The Morgan fingerprint density at radius 1 is 1.23 bits per heavy atom. The Morgan fingerprint density at radius 3 is 2.58 bits per heavy atom. The van der Waals surface area contributed by atoms with E-state index in [-0.39, 0.29) is 12.4 Å². The molecule has 140 valence electrons. The fraction of sp³-hybridized carbons (Fsp3) is 0.571. The summed E-state index contributed by atoms with van der Waals surface area (Å²) in [6.07, 6.45) is -5.52. The number of fused-ring (bicyclic) bond motifs is 1. The van der Waals surface area contributed by atoms with E-state index in [9.17, 15) is 24.9 Å². The van der Waals surface area contributed by atoms with Crippen LogP contribution in [-0.4, -0.2) is 104 Å². The highest BCUT2D eigenvalue weighted by Crippen LogP contribution is 2.31. The molecule has 0 aromatic carbocycles. The second kappa shape index (κ2) is 6.98. The van der Waals surface area contributed by atoms with Crippen LogP contribution in [0.2, 0.25) is 0 Å². The van der Waals surface area contributed by atoms with Gasteiger partial charge in [0.1, 0.15) is 24.9 Å². The summed E-state index contributed by atoms with van der Waals surface area (Å²) in [6.45, 7) is -1.23. The molecular formula is C14H17N5O7. The van der Waals surface area contributed by atoms with Crippen LogP contribution >= 0.6 is 0 Å². The van der Waals surface area contributed by atoms with Gasteiger partial charge in [0.2, 0.25) is 5.96 Å². The molecule has 3 rings (SSSR count). The van der Waals surface area contributed by atoms with Crippen molar-refractivity contribution >= 4 is 23.7 Å². The molecule has 0 spiro atoms. The second-order valence-corrected chi connectivity index (χ2v) is 5.73. The summed E-state index contributed by atoms with van der Waals surface area (Å²) in [6, 6.07) is -1.98. The Bertz CT molecular complexity index is 729. The zero-order valence-electron chi connectivity index (χ0n) is 13.4. The zero-order chi connectivity index (χ0) is 19.0. The topological polar surface area (TPSA) is 179 Å². The molecule has 5 atom stereocenters. The van der Waals surface area contributed by atoms with Crippen molar-refractivity contribution in [3.63, 3.8) is 0 Å². The number of aliphatic hydroxyl groups is 4. The minimum Gasteiger partial charge on any atom is -0.394 e. The predicted molar refractivity (Wildman–Crippen MR) is 83.7 cm³/mol. The Labute approximate surface area is 147 Å². The van der Waals surface area contributed by atoms with Crippen molar-refractivity contribution in [2.75, 3.05) is 19.8 Å². The molecule has 26 heavy (non-hydrogen) atoms. The van der Waals surface area contributed by atoms with E-state index >= 15 is 0 Å². The third-order valence-electron chi connectivity index (χ3n) is 4.20. The van der Waals surface area contributed by atoms with E-state index in [0.29, 0.717) is 0 Å². The number of nitrogens with one attached hydrogen (secondary N) is 2. The van der Waals surface area contributed by atoms with E-state index in [4.69, 9.17) is 15.3 Å². The maximum atomic E-state index is 12.8. The molecule has 0 saturated carbocycles. The number of aliphatic hydroxyl groups excluding tert-OH is 4. The van der Waals surface area contributed by atoms with Gasteiger partial charge in [-0.25, -0.2) is 9.69 Å². The second-order valence-electron chi connectivity index (χ2n) is 5.73. The minimum absolute atomic E-state index is 0.149. The number of ether oxygens (including phenoxy) is 1. The van der Waals surface area contributed by atoms with Gasteiger partial charge in [-0.2, -0.15) is 4.99 Å². The molecular weight excluding hydrogens is 350 g/mol. The average molecular weight is 367 g/mol. The predicted octanol–water partition coefficient (Wildman–Crippen LogP) is -4.01. The summed E-state index contributed by atoms with van der Waals surface area (Å²) in [7, 11) is 0. The lowest BCUT2D eigenvalue weighted by atomic mass is 10.1. The van der Waals surface area contributed by atoms with Crippen molar-refractivity contribution in [1.82, 2.24) is 15.1 Å². The van der Waals surface area contributed by atoms with Crippen LogP contribution in [0.25, 0.3) is 0 Å². The van der Waals surface area contributed by atoms with Gasteiger partial charge >= 0.3 is 6.03 Å². The van der Waals surface area contributed by atoms with Gasteiger partial charge in [-0.05, 0) is 0 Å². The molecule has 0 aliphatic carbocycles. The van der Waals surface area contributed by atoms with Gasteiger partial charge in [-0.1, -0.05) is 11.8 Å². The largest absolute Gasteiger partial charge is 0.394 e. The smallest absolute Gasteiger partial charge is 0.329 e. The number of carbonyl (C=O) groups excluding carboxylic acids is 2. The van der Waals surface area contributed by atoms with Crippen LogP contribution in [0.4, 0.5) is 4.79 Å². The van der Waals surface area contributed by atoms with Crippen LogP contribution in [0.15, 0.2) is 4.99 Å². The molecule has 2 fully saturated rings. The third kappa shape index (κ3) is 2.81. The Morgan fingerprint density at radius 2 is 1.96 bits per heavy atom. The van der Waals surface area contributed by atoms with Gasteiger partial charge in [-0.3, -0.25) is 20.4 Å². The minimum atomic E-state index is -1.55. The van der Waals surface area contributed by atoms with E-state index in [1.807, 2.05) is 0 Å². The fourth-order valence-corrected chi connectivity index (χ4v) is 3.01.